The van der Waals surface area contributed by atoms with Crippen LogP contribution in [0.3, 0.4) is 0 Å². The van der Waals surface area contributed by atoms with Gasteiger partial charge in [0.05, 0.1) is 18.3 Å². The first-order chi connectivity index (χ1) is 8.84. The molecule has 18 heavy (non-hydrogen) atoms. The van der Waals surface area contributed by atoms with E-state index < -0.39 is 0 Å². The average molecular weight is 241 g/mol. The Morgan fingerprint density at radius 3 is 3.00 bits per heavy atom. The zero-order valence-electron chi connectivity index (χ0n) is 10.2. The van der Waals surface area contributed by atoms with E-state index in [1.807, 2.05) is 53.1 Å². The van der Waals surface area contributed by atoms with E-state index in [9.17, 15) is 0 Å². The molecule has 0 radical (unpaired) electrons. The normalized spacial score (nSPS) is 11.2. The van der Waals surface area contributed by atoms with Gasteiger partial charge in [0.15, 0.2) is 0 Å². The lowest BCUT2D eigenvalue weighted by molar-refractivity contribution is 0.641. The number of nitrogens with one attached hydrogen (secondary N) is 1. The van der Waals surface area contributed by atoms with Crippen LogP contribution in [0, 0.1) is 0 Å². The molecule has 3 heterocycles. The third-order valence-electron chi connectivity index (χ3n) is 3.03. The predicted molar refractivity (Wildman–Crippen MR) is 68.9 cm³/mol. The van der Waals surface area contributed by atoms with Crippen molar-refractivity contribution >= 4 is 5.52 Å². The molecule has 0 aliphatic carbocycles. The Hall–Kier alpha value is -2.14. The number of fused-ring (bicyclic) bond motifs is 1. The Balaban J connectivity index is 1.68. The van der Waals surface area contributed by atoms with Crippen LogP contribution in [0.2, 0.25) is 0 Å². The molecule has 0 aliphatic heterocycles. The summed E-state index contributed by atoms with van der Waals surface area (Å²) in [4.78, 5) is 4.28. The Labute approximate surface area is 105 Å². The van der Waals surface area contributed by atoms with E-state index in [1.165, 1.54) is 5.56 Å². The number of imidazole rings is 1. The highest BCUT2D eigenvalue weighted by atomic mass is 15.2. The second-order valence-electron chi connectivity index (χ2n) is 4.26. The summed E-state index contributed by atoms with van der Waals surface area (Å²) in [7, 11) is 2.00. The Kier molecular flexibility index (Phi) is 2.82. The minimum absolute atomic E-state index is 0.758. The first kappa shape index (κ1) is 11.0. The molecule has 5 nitrogen and oxygen atoms in total. The molecule has 0 unspecified atom stereocenters. The van der Waals surface area contributed by atoms with Crippen LogP contribution >= 0.6 is 0 Å². The first-order valence-electron chi connectivity index (χ1n) is 5.93. The zero-order valence-corrected chi connectivity index (χ0v) is 10.2. The van der Waals surface area contributed by atoms with Gasteiger partial charge in [-0.1, -0.05) is 6.07 Å². The van der Waals surface area contributed by atoms with E-state index in [1.54, 1.807) is 0 Å². The number of hydrogen-bond acceptors (Lipinski definition) is 3. The average Bonchev–Trinajstić information content (AvgIpc) is 2.97. The van der Waals surface area contributed by atoms with Crippen LogP contribution in [0.25, 0.3) is 5.52 Å². The van der Waals surface area contributed by atoms with Gasteiger partial charge in [0.2, 0.25) is 0 Å². The number of pyridine rings is 1. The molecule has 3 aromatic rings. The molecule has 0 aliphatic rings. The van der Waals surface area contributed by atoms with Gasteiger partial charge in [-0.2, -0.15) is 5.10 Å². The lowest BCUT2D eigenvalue weighted by Crippen LogP contribution is -2.15. The molecular weight excluding hydrogens is 226 g/mol. The molecule has 5 heteroatoms. The standard InChI is InChI=1S/C13H15N5/c1-17-7-5-15-13(17)10-14-8-11-9-16-18-6-3-2-4-12(11)18/h2-7,9,14H,8,10H2,1H3. The van der Waals surface area contributed by atoms with Crippen molar-refractivity contribution in [2.75, 3.05) is 0 Å². The number of aryl methyl sites for hydroxylation is 1. The van der Waals surface area contributed by atoms with E-state index in [0.717, 1.165) is 24.4 Å². The Morgan fingerprint density at radius 2 is 2.17 bits per heavy atom. The van der Waals surface area contributed by atoms with E-state index in [2.05, 4.69) is 21.5 Å². The molecule has 0 aromatic carbocycles. The third-order valence-corrected chi connectivity index (χ3v) is 3.03. The van der Waals surface area contributed by atoms with Gasteiger partial charge in [-0.3, -0.25) is 0 Å². The maximum Gasteiger partial charge on any atom is 0.122 e. The summed E-state index contributed by atoms with van der Waals surface area (Å²) in [6, 6.07) is 6.08. The molecule has 92 valence electrons. The predicted octanol–water partition coefficient (Wildman–Crippen LogP) is 1.36. The molecule has 0 spiro atoms. The van der Waals surface area contributed by atoms with Crippen LogP contribution in [0.15, 0.2) is 43.0 Å². The van der Waals surface area contributed by atoms with Crippen LogP contribution in [-0.4, -0.2) is 19.2 Å². The molecule has 0 bridgehead atoms. The molecule has 3 aromatic heterocycles. The third kappa shape index (κ3) is 2.00. The van der Waals surface area contributed by atoms with Crippen LogP contribution < -0.4 is 5.32 Å². The number of aromatic nitrogens is 4. The lowest BCUT2D eigenvalue weighted by atomic mass is 10.2. The first-order valence-corrected chi connectivity index (χ1v) is 5.93. The van der Waals surface area contributed by atoms with Gasteiger partial charge in [-0.25, -0.2) is 9.50 Å². The highest BCUT2D eigenvalue weighted by Crippen LogP contribution is 2.09. The largest absolute Gasteiger partial charge is 0.337 e. The van der Waals surface area contributed by atoms with Gasteiger partial charge in [-0.05, 0) is 12.1 Å². The number of hydrogen-bond donors (Lipinski definition) is 1. The summed E-state index contributed by atoms with van der Waals surface area (Å²) >= 11 is 0. The quantitative estimate of drug-likeness (QED) is 0.750. The maximum absolute atomic E-state index is 4.31. The van der Waals surface area contributed by atoms with Gasteiger partial charge in [0.25, 0.3) is 0 Å². The number of rotatable bonds is 4. The SMILES string of the molecule is Cn1ccnc1CNCc1cnn2ccccc12. The molecule has 0 saturated carbocycles. The van der Waals surface area contributed by atoms with Crippen LogP contribution in [0.5, 0.6) is 0 Å². The van der Waals surface area contributed by atoms with E-state index in [4.69, 9.17) is 0 Å². The van der Waals surface area contributed by atoms with Crippen LogP contribution in [-0.2, 0) is 20.1 Å². The van der Waals surface area contributed by atoms with Crippen molar-refractivity contribution in [2.24, 2.45) is 7.05 Å². The van der Waals surface area contributed by atoms with Crippen LogP contribution in [0.1, 0.15) is 11.4 Å². The van der Waals surface area contributed by atoms with E-state index in [0.29, 0.717) is 0 Å². The van der Waals surface area contributed by atoms with Crippen molar-refractivity contribution in [3.8, 4) is 0 Å². The highest BCUT2D eigenvalue weighted by Gasteiger charge is 2.03. The second-order valence-corrected chi connectivity index (χ2v) is 4.26. The topological polar surface area (TPSA) is 47.2 Å². The van der Waals surface area contributed by atoms with Gasteiger partial charge in [0, 0.05) is 37.7 Å². The molecule has 0 fully saturated rings. The fraction of sp³-hybridized carbons (Fsp3) is 0.231. The van der Waals surface area contributed by atoms with Crippen molar-refractivity contribution in [1.82, 2.24) is 24.5 Å². The van der Waals surface area contributed by atoms with Gasteiger partial charge >= 0.3 is 0 Å². The van der Waals surface area contributed by atoms with Gasteiger partial charge in [-0.15, -0.1) is 0 Å². The van der Waals surface area contributed by atoms with Gasteiger partial charge < -0.3 is 9.88 Å². The minimum Gasteiger partial charge on any atom is -0.337 e. The Bertz CT molecular complexity index is 652. The molecule has 0 atom stereocenters. The molecule has 1 N–H and O–H groups in total. The minimum atomic E-state index is 0.758. The molecule has 0 saturated heterocycles. The van der Waals surface area contributed by atoms with Crippen molar-refractivity contribution in [2.45, 2.75) is 13.1 Å². The zero-order chi connectivity index (χ0) is 12.4. The fourth-order valence-corrected chi connectivity index (χ4v) is 2.00. The summed E-state index contributed by atoms with van der Waals surface area (Å²) in [6.45, 7) is 1.55. The molecule has 0 amide bonds. The monoisotopic (exact) mass is 241 g/mol. The Morgan fingerprint density at radius 1 is 1.22 bits per heavy atom. The highest BCUT2D eigenvalue weighted by molar-refractivity contribution is 5.53. The van der Waals surface area contributed by atoms with E-state index >= 15 is 0 Å². The summed E-state index contributed by atoms with van der Waals surface area (Å²) in [5.41, 5.74) is 2.34. The van der Waals surface area contributed by atoms with Crippen molar-refractivity contribution in [1.29, 1.82) is 0 Å². The van der Waals surface area contributed by atoms with Gasteiger partial charge in [0.1, 0.15) is 5.82 Å². The summed E-state index contributed by atoms with van der Waals surface area (Å²) < 4.78 is 3.90. The van der Waals surface area contributed by atoms with Crippen LogP contribution in [0.4, 0.5) is 0 Å². The number of nitrogens with zero attached hydrogens (tertiary/aromatic N) is 4. The second kappa shape index (κ2) is 4.62. The smallest absolute Gasteiger partial charge is 0.122 e. The lowest BCUT2D eigenvalue weighted by Gasteiger charge is -2.04. The maximum atomic E-state index is 4.31. The van der Waals surface area contributed by atoms with E-state index in [-0.39, 0.29) is 0 Å². The summed E-state index contributed by atoms with van der Waals surface area (Å²) in [5.74, 6) is 1.03. The fourth-order valence-electron chi connectivity index (χ4n) is 2.00. The van der Waals surface area contributed by atoms with Crippen molar-refractivity contribution in [3.05, 3.63) is 54.4 Å². The van der Waals surface area contributed by atoms with Crippen molar-refractivity contribution in [3.63, 3.8) is 0 Å². The molecular formula is C13H15N5. The molecule has 3 rings (SSSR count). The summed E-state index contributed by atoms with van der Waals surface area (Å²) in [5, 5.41) is 7.69. The summed E-state index contributed by atoms with van der Waals surface area (Å²) in [6.07, 6.45) is 7.62. The van der Waals surface area contributed by atoms with Crippen molar-refractivity contribution < 1.29 is 0 Å².